The first-order valence-electron chi connectivity index (χ1n) is 4.66. The van der Waals surface area contributed by atoms with Crippen LogP contribution in [0.25, 0.3) is 10.6 Å². The van der Waals surface area contributed by atoms with Crippen LogP contribution in [0.5, 0.6) is 0 Å². The summed E-state index contributed by atoms with van der Waals surface area (Å²) < 4.78 is 1.70. The molecule has 1 aliphatic rings. The van der Waals surface area contributed by atoms with E-state index in [0.717, 1.165) is 22.0 Å². The summed E-state index contributed by atoms with van der Waals surface area (Å²) in [5.41, 5.74) is 2.59. The Bertz CT molecular complexity index is 586. The van der Waals surface area contributed by atoms with Gasteiger partial charge in [0.1, 0.15) is 10.6 Å². The second-order valence-electron chi connectivity index (χ2n) is 3.52. The monoisotopic (exact) mass is 236 g/mol. The zero-order valence-electron chi connectivity index (χ0n) is 8.39. The van der Waals surface area contributed by atoms with Gasteiger partial charge in [0.2, 0.25) is 0 Å². The minimum absolute atomic E-state index is 0.316. The van der Waals surface area contributed by atoms with Gasteiger partial charge in [-0.1, -0.05) is 5.21 Å². The van der Waals surface area contributed by atoms with Gasteiger partial charge in [-0.2, -0.15) is 0 Å². The zero-order chi connectivity index (χ0) is 11.3. The van der Waals surface area contributed by atoms with Gasteiger partial charge in [-0.05, 0) is 6.07 Å². The highest BCUT2D eigenvalue weighted by molar-refractivity contribution is 7.18. The Kier molecular flexibility index (Phi) is 1.78. The third kappa shape index (κ3) is 1.15. The van der Waals surface area contributed by atoms with Crippen molar-refractivity contribution in [3.05, 3.63) is 16.6 Å². The highest BCUT2D eigenvalue weighted by Crippen LogP contribution is 2.40. The van der Waals surface area contributed by atoms with E-state index in [1.165, 1.54) is 11.3 Å². The van der Waals surface area contributed by atoms with E-state index in [-0.39, 0.29) is 0 Å². The van der Waals surface area contributed by atoms with Crippen molar-refractivity contribution in [2.24, 2.45) is 7.05 Å². The lowest BCUT2D eigenvalue weighted by molar-refractivity contribution is 0.0702. The minimum Gasteiger partial charge on any atom is -0.477 e. The molecule has 7 heteroatoms. The maximum atomic E-state index is 10.9. The van der Waals surface area contributed by atoms with Crippen LogP contribution >= 0.6 is 11.3 Å². The second-order valence-corrected chi connectivity index (χ2v) is 4.57. The summed E-state index contributed by atoms with van der Waals surface area (Å²) in [5.74, 6) is -0.911. The van der Waals surface area contributed by atoms with Crippen LogP contribution in [0.15, 0.2) is 6.07 Å². The van der Waals surface area contributed by atoms with Crippen LogP contribution in [0, 0.1) is 0 Å². The van der Waals surface area contributed by atoms with E-state index in [1.54, 1.807) is 10.7 Å². The normalized spacial score (nSPS) is 12.8. The predicted octanol–water partition coefficient (Wildman–Crippen LogP) is 1.17. The highest BCUT2D eigenvalue weighted by atomic mass is 32.1. The maximum absolute atomic E-state index is 10.9. The fourth-order valence-corrected chi connectivity index (χ4v) is 2.71. The van der Waals surface area contributed by atoms with Crippen LogP contribution < -0.4 is 5.32 Å². The van der Waals surface area contributed by atoms with Crippen LogP contribution in [-0.2, 0) is 13.6 Å². The summed E-state index contributed by atoms with van der Waals surface area (Å²) in [4.78, 5) is 12.0. The average Bonchev–Trinajstić information content (AvgIpc) is 2.81. The summed E-state index contributed by atoms with van der Waals surface area (Å²) in [7, 11) is 1.82. The number of nitrogens with zero attached hydrogens (tertiary/aromatic N) is 3. The Balaban J connectivity index is 2.20. The van der Waals surface area contributed by atoms with Gasteiger partial charge in [0, 0.05) is 7.05 Å². The average molecular weight is 236 g/mol. The molecule has 2 aromatic heterocycles. The van der Waals surface area contributed by atoms with Crippen molar-refractivity contribution >= 4 is 23.0 Å². The van der Waals surface area contributed by atoms with Gasteiger partial charge in [-0.15, -0.1) is 16.4 Å². The van der Waals surface area contributed by atoms with Crippen molar-refractivity contribution in [2.45, 2.75) is 6.54 Å². The largest absolute Gasteiger partial charge is 0.477 e. The molecule has 0 unspecified atom stereocenters. The number of anilines is 1. The Morgan fingerprint density at radius 1 is 1.69 bits per heavy atom. The van der Waals surface area contributed by atoms with E-state index in [9.17, 15) is 4.79 Å². The summed E-state index contributed by atoms with van der Waals surface area (Å²) >= 11 is 1.22. The summed E-state index contributed by atoms with van der Waals surface area (Å²) in [6.45, 7) is 0.627. The fourth-order valence-electron chi connectivity index (χ4n) is 1.73. The molecule has 1 aliphatic heterocycles. The minimum atomic E-state index is -0.911. The Labute approximate surface area is 94.5 Å². The van der Waals surface area contributed by atoms with Gasteiger partial charge in [-0.25, -0.2) is 9.48 Å². The number of fused-ring (bicyclic) bond motifs is 3. The zero-order valence-corrected chi connectivity index (χ0v) is 9.21. The van der Waals surface area contributed by atoms with Crippen molar-refractivity contribution in [1.29, 1.82) is 0 Å². The number of carboxylic acid groups (broad SMARTS) is 1. The summed E-state index contributed by atoms with van der Waals surface area (Å²) in [6.07, 6.45) is 0. The molecule has 0 radical (unpaired) electrons. The van der Waals surface area contributed by atoms with Crippen molar-refractivity contribution in [1.82, 2.24) is 15.0 Å². The number of aromatic carboxylic acids is 1. The van der Waals surface area contributed by atoms with Crippen molar-refractivity contribution < 1.29 is 9.90 Å². The molecule has 2 aromatic rings. The molecule has 0 saturated carbocycles. The van der Waals surface area contributed by atoms with Crippen LogP contribution in [-0.4, -0.2) is 26.1 Å². The first kappa shape index (κ1) is 9.34. The second kappa shape index (κ2) is 3.05. The molecule has 0 bridgehead atoms. The highest BCUT2D eigenvalue weighted by Gasteiger charge is 2.25. The quantitative estimate of drug-likeness (QED) is 0.776. The Morgan fingerprint density at radius 2 is 2.50 bits per heavy atom. The molecule has 3 heterocycles. The number of hydrogen-bond acceptors (Lipinski definition) is 5. The molecule has 16 heavy (non-hydrogen) atoms. The number of carboxylic acids is 1. The van der Waals surface area contributed by atoms with Gasteiger partial charge >= 0.3 is 5.97 Å². The molecule has 2 N–H and O–H groups in total. The molecule has 3 rings (SSSR count). The van der Waals surface area contributed by atoms with Crippen LogP contribution in [0.4, 0.5) is 5.69 Å². The number of aromatic nitrogens is 3. The van der Waals surface area contributed by atoms with Gasteiger partial charge < -0.3 is 10.4 Å². The summed E-state index contributed by atoms with van der Waals surface area (Å²) in [5, 5.41) is 20.1. The number of hydrogen-bond donors (Lipinski definition) is 2. The number of rotatable bonds is 1. The molecule has 0 amide bonds. The molecule has 0 aromatic carbocycles. The predicted molar refractivity (Wildman–Crippen MR) is 58.6 cm³/mol. The van der Waals surface area contributed by atoms with Gasteiger partial charge in [0.15, 0.2) is 0 Å². The Morgan fingerprint density at radius 3 is 3.25 bits per heavy atom. The molecule has 0 fully saturated rings. The van der Waals surface area contributed by atoms with Crippen molar-refractivity contribution in [3.8, 4) is 10.6 Å². The lowest BCUT2D eigenvalue weighted by Crippen LogP contribution is -2.10. The number of nitrogens with one attached hydrogen (secondary N) is 1. The first-order valence-corrected chi connectivity index (χ1v) is 5.48. The topological polar surface area (TPSA) is 80.0 Å². The van der Waals surface area contributed by atoms with E-state index in [2.05, 4.69) is 15.6 Å². The van der Waals surface area contributed by atoms with Crippen LogP contribution in [0.3, 0.4) is 0 Å². The van der Waals surface area contributed by atoms with Crippen molar-refractivity contribution in [2.75, 3.05) is 5.32 Å². The molecule has 0 atom stereocenters. The molecule has 82 valence electrons. The van der Waals surface area contributed by atoms with Crippen molar-refractivity contribution in [3.63, 3.8) is 0 Å². The standard InChI is InChI=1S/C9H8N4O2S/c1-13-5-3-10-4-2-6(9(14)15)16-8(4)7(5)11-12-13/h2,10H,3H2,1H3,(H,14,15). The summed E-state index contributed by atoms with van der Waals surface area (Å²) in [6, 6.07) is 1.64. The van der Waals surface area contributed by atoms with E-state index < -0.39 is 5.97 Å². The Hall–Kier alpha value is -1.89. The molecule has 0 saturated heterocycles. The lowest BCUT2D eigenvalue weighted by atomic mass is 10.2. The third-order valence-electron chi connectivity index (χ3n) is 2.55. The molecular weight excluding hydrogens is 228 g/mol. The molecule has 0 spiro atoms. The van der Waals surface area contributed by atoms with Crippen LogP contribution in [0.2, 0.25) is 0 Å². The number of thiophene rings is 1. The number of aryl methyl sites for hydroxylation is 1. The van der Waals surface area contributed by atoms with Gasteiger partial charge in [0.25, 0.3) is 0 Å². The van der Waals surface area contributed by atoms with E-state index in [0.29, 0.717) is 11.4 Å². The first-order chi connectivity index (χ1) is 7.66. The number of carbonyl (C=O) groups is 1. The van der Waals surface area contributed by atoms with Crippen LogP contribution in [0.1, 0.15) is 15.4 Å². The maximum Gasteiger partial charge on any atom is 0.345 e. The molecule has 6 nitrogen and oxygen atoms in total. The van der Waals surface area contributed by atoms with E-state index >= 15 is 0 Å². The third-order valence-corrected chi connectivity index (χ3v) is 3.68. The van der Waals surface area contributed by atoms with Gasteiger partial charge in [-0.3, -0.25) is 0 Å². The molecule has 0 aliphatic carbocycles. The SMILES string of the molecule is Cn1nnc2c1CNc1cc(C(=O)O)sc1-2. The molecular formula is C9H8N4O2S. The lowest BCUT2D eigenvalue weighted by Gasteiger charge is -2.13. The fraction of sp³-hybridized carbons (Fsp3) is 0.222. The smallest absolute Gasteiger partial charge is 0.345 e. The van der Waals surface area contributed by atoms with Gasteiger partial charge in [0.05, 0.1) is 22.8 Å². The van der Waals surface area contributed by atoms with E-state index in [1.807, 2.05) is 7.05 Å². The van der Waals surface area contributed by atoms with E-state index in [4.69, 9.17) is 5.11 Å².